The summed E-state index contributed by atoms with van der Waals surface area (Å²) < 4.78 is 0. The molecule has 1 fully saturated rings. The minimum absolute atomic E-state index is 0.0827. The number of carboxylic acid groups (broad SMARTS) is 1. The molecule has 2 rings (SSSR count). The predicted molar refractivity (Wildman–Crippen MR) is 57.9 cm³/mol. The maximum absolute atomic E-state index is 11.6. The van der Waals surface area contributed by atoms with Crippen LogP contribution in [0.5, 0.6) is 0 Å². The molecule has 1 aliphatic heterocycles. The second-order valence-corrected chi connectivity index (χ2v) is 4.11. The zero-order chi connectivity index (χ0) is 12.4. The van der Waals surface area contributed by atoms with E-state index in [0.29, 0.717) is 12.4 Å². The van der Waals surface area contributed by atoms with E-state index >= 15 is 0 Å². The molecule has 0 bridgehead atoms. The highest BCUT2D eigenvalue weighted by molar-refractivity contribution is 5.85. The number of aliphatic carboxylic acids is 1. The summed E-state index contributed by atoms with van der Waals surface area (Å²) in [5.74, 6) is -0.997. The van der Waals surface area contributed by atoms with Gasteiger partial charge in [-0.2, -0.15) is 0 Å². The number of aryl methyl sites for hydroxylation is 1. The highest BCUT2D eigenvalue weighted by Gasteiger charge is 2.34. The lowest BCUT2D eigenvalue weighted by molar-refractivity contribution is -0.141. The number of amides is 1. The van der Waals surface area contributed by atoms with Gasteiger partial charge < -0.3 is 10.0 Å². The van der Waals surface area contributed by atoms with Gasteiger partial charge in [-0.05, 0) is 13.0 Å². The van der Waals surface area contributed by atoms with Crippen molar-refractivity contribution in [2.75, 3.05) is 6.54 Å². The number of carbonyl (C=O) groups is 2. The van der Waals surface area contributed by atoms with Crippen molar-refractivity contribution in [3.8, 4) is 0 Å². The van der Waals surface area contributed by atoms with Gasteiger partial charge in [-0.3, -0.25) is 9.59 Å². The first-order chi connectivity index (χ1) is 8.06. The van der Waals surface area contributed by atoms with Crippen molar-refractivity contribution in [2.45, 2.75) is 19.9 Å². The lowest BCUT2D eigenvalue weighted by Gasteiger charge is -2.15. The highest BCUT2D eigenvalue weighted by atomic mass is 16.4. The average Bonchev–Trinajstić information content (AvgIpc) is 2.61. The van der Waals surface area contributed by atoms with Gasteiger partial charge in [0.2, 0.25) is 5.91 Å². The molecular formula is C11H13N3O3. The van der Waals surface area contributed by atoms with E-state index in [0.717, 1.165) is 5.69 Å². The number of hydrogen-bond donors (Lipinski definition) is 1. The van der Waals surface area contributed by atoms with Gasteiger partial charge in [-0.25, -0.2) is 9.97 Å². The van der Waals surface area contributed by atoms with Crippen LogP contribution in [0, 0.1) is 12.8 Å². The Hall–Kier alpha value is -1.98. The molecule has 1 unspecified atom stereocenters. The number of carbonyl (C=O) groups excluding carboxylic acids is 1. The number of rotatable bonds is 3. The van der Waals surface area contributed by atoms with Crippen LogP contribution in [0.4, 0.5) is 0 Å². The van der Waals surface area contributed by atoms with Gasteiger partial charge in [0.15, 0.2) is 0 Å². The monoisotopic (exact) mass is 235 g/mol. The summed E-state index contributed by atoms with van der Waals surface area (Å²) in [6.45, 7) is 2.39. The van der Waals surface area contributed by atoms with Gasteiger partial charge in [0, 0.05) is 19.2 Å². The quantitative estimate of drug-likeness (QED) is 0.810. The van der Waals surface area contributed by atoms with Crippen molar-refractivity contribution in [3.63, 3.8) is 0 Å². The standard InChI is InChI=1S/C11H13N3O3/c1-7-12-3-2-9(13-7)6-14-5-8(11(16)17)4-10(14)15/h2-3,8H,4-6H2,1H3,(H,16,17). The summed E-state index contributed by atoms with van der Waals surface area (Å²) >= 11 is 0. The second kappa shape index (κ2) is 4.48. The Labute approximate surface area is 98.3 Å². The largest absolute Gasteiger partial charge is 0.481 e. The van der Waals surface area contributed by atoms with Crippen LogP contribution in [0.15, 0.2) is 12.3 Å². The van der Waals surface area contributed by atoms with Crippen molar-refractivity contribution < 1.29 is 14.7 Å². The number of nitrogens with zero attached hydrogens (tertiary/aromatic N) is 3. The molecule has 0 saturated carbocycles. The Balaban J connectivity index is 2.05. The van der Waals surface area contributed by atoms with Gasteiger partial charge in [0.25, 0.3) is 0 Å². The summed E-state index contributed by atoms with van der Waals surface area (Å²) in [5, 5.41) is 8.85. The second-order valence-electron chi connectivity index (χ2n) is 4.11. The van der Waals surface area contributed by atoms with Crippen LogP contribution in [0.25, 0.3) is 0 Å². The van der Waals surface area contributed by atoms with Crippen LogP contribution in [0.3, 0.4) is 0 Å². The third-order valence-corrected chi connectivity index (χ3v) is 2.75. The summed E-state index contributed by atoms with van der Waals surface area (Å²) in [5.41, 5.74) is 0.733. The van der Waals surface area contributed by atoms with Crippen LogP contribution >= 0.6 is 0 Å². The number of carboxylic acids is 1. The molecule has 0 spiro atoms. The molecule has 6 nitrogen and oxygen atoms in total. The molecule has 1 aromatic rings. The molecule has 1 saturated heterocycles. The SMILES string of the molecule is Cc1nccc(CN2CC(C(=O)O)CC2=O)n1. The van der Waals surface area contributed by atoms with Gasteiger partial charge >= 0.3 is 5.97 Å². The minimum Gasteiger partial charge on any atom is -0.481 e. The fraction of sp³-hybridized carbons (Fsp3) is 0.455. The summed E-state index contributed by atoms with van der Waals surface area (Å²) in [7, 11) is 0. The Morgan fingerprint density at radius 1 is 1.65 bits per heavy atom. The van der Waals surface area contributed by atoms with E-state index in [1.807, 2.05) is 0 Å². The van der Waals surface area contributed by atoms with E-state index in [1.54, 1.807) is 19.2 Å². The fourth-order valence-electron chi connectivity index (χ4n) is 1.88. The normalized spacial score (nSPS) is 19.7. The summed E-state index contributed by atoms with van der Waals surface area (Å²) in [4.78, 5) is 32.1. The Kier molecular flexibility index (Phi) is 3.03. The zero-order valence-corrected chi connectivity index (χ0v) is 9.46. The molecule has 1 atom stereocenters. The first kappa shape index (κ1) is 11.5. The molecule has 17 heavy (non-hydrogen) atoms. The van der Waals surface area contributed by atoms with Crippen LogP contribution in [-0.4, -0.2) is 38.4 Å². The van der Waals surface area contributed by atoms with Crippen LogP contribution < -0.4 is 0 Å². The molecule has 1 amide bonds. The van der Waals surface area contributed by atoms with Crippen LogP contribution in [0.2, 0.25) is 0 Å². The lowest BCUT2D eigenvalue weighted by atomic mass is 10.1. The molecule has 2 heterocycles. The molecule has 0 aromatic carbocycles. The molecule has 1 N–H and O–H groups in total. The van der Waals surface area contributed by atoms with E-state index in [2.05, 4.69) is 9.97 Å². The van der Waals surface area contributed by atoms with E-state index < -0.39 is 11.9 Å². The van der Waals surface area contributed by atoms with Gasteiger partial charge in [0.1, 0.15) is 5.82 Å². The molecule has 90 valence electrons. The maximum atomic E-state index is 11.6. The zero-order valence-electron chi connectivity index (χ0n) is 9.46. The summed E-state index contributed by atoms with van der Waals surface area (Å²) in [6.07, 6.45) is 1.71. The molecule has 0 aliphatic carbocycles. The van der Waals surface area contributed by atoms with E-state index in [-0.39, 0.29) is 18.9 Å². The average molecular weight is 235 g/mol. The first-order valence-electron chi connectivity index (χ1n) is 5.35. The molecule has 1 aromatic heterocycles. The first-order valence-corrected chi connectivity index (χ1v) is 5.35. The Morgan fingerprint density at radius 2 is 2.41 bits per heavy atom. The maximum Gasteiger partial charge on any atom is 0.308 e. The van der Waals surface area contributed by atoms with Crippen molar-refractivity contribution in [1.29, 1.82) is 0 Å². The number of hydrogen-bond acceptors (Lipinski definition) is 4. The lowest BCUT2D eigenvalue weighted by Crippen LogP contribution is -2.26. The van der Waals surface area contributed by atoms with Crippen molar-refractivity contribution in [2.24, 2.45) is 5.92 Å². The Bertz CT molecular complexity index is 461. The minimum atomic E-state index is -0.917. The number of aromatic nitrogens is 2. The highest BCUT2D eigenvalue weighted by Crippen LogP contribution is 2.19. The van der Waals surface area contributed by atoms with Crippen LogP contribution in [-0.2, 0) is 16.1 Å². The molecule has 0 radical (unpaired) electrons. The van der Waals surface area contributed by atoms with E-state index in [9.17, 15) is 9.59 Å². The summed E-state index contributed by atoms with van der Waals surface area (Å²) in [6, 6.07) is 1.73. The topological polar surface area (TPSA) is 83.4 Å². The predicted octanol–water partition coefficient (Wildman–Crippen LogP) is 0.218. The van der Waals surface area contributed by atoms with Gasteiger partial charge in [-0.1, -0.05) is 0 Å². The Morgan fingerprint density at radius 3 is 3.00 bits per heavy atom. The van der Waals surface area contributed by atoms with Crippen molar-refractivity contribution >= 4 is 11.9 Å². The third-order valence-electron chi connectivity index (χ3n) is 2.75. The van der Waals surface area contributed by atoms with Crippen LogP contribution in [0.1, 0.15) is 17.9 Å². The van der Waals surface area contributed by atoms with Crippen molar-refractivity contribution in [3.05, 3.63) is 23.8 Å². The smallest absolute Gasteiger partial charge is 0.308 e. The molecular weight excluding hydrogens is 222 g/mol. The van der Waals surface area contributed by atoms with E-state index in [1.165, 1.54) is 4.90 Å². The van der Waals surface area contributed by atoms with Gasteiger partial charge in [-0.15, -0.1) is 0 Å². The molecule has 6 heteroatoms. The third kappa shape index (κ3) is 2.58. The van der Waals surface area contributed by atoms with Crippen molar-refractivity contribution in [1.82, 2.24) is 14.9 Å². The fourth-order valence-corrected chi connectivity index (χ4v) is 1.88. The number of likely N-dealkylation sites (tertiary alicyclic amines) is 1. The van der Waals surface area contributed by atoms with E-state index in [4.69, 9.17) is 5.11 Å². The molecule has 1 aliphatic rings. The van der Waals surface area contributed by atoms with Gasteiger partial charge in [0.05, 0.1) is 18.2 Å².